The molecule has 0 spiro atoms. The van der Waals surface area contributed by atoms with Crippen LogP contribution >= 0.6 is 0 Å². The van der Waals surface area contributed by atoms with E-state index in [1.165, 1.54) is 21.9 Å². The van der Waals surface area contributed by atoms with E-state index in [1.54, 1.807) is 4.40 Å². The maximum atomic E-state index is 6.53. The molecule has 10 rings (SSSR count). The van der Waals surface area contributed by atoms with Gasteiger partial charge < -0.3 is 8.98 Å². The molecule has 0 atom stereocenters. The van der Waals surface area contributed by atoms with E-state index in [0.717, 1.165) is 78.9 Å². The molecule has 7 aromatic carbocycles. The van der Waals surface area contributed by atoms with Crippen molar-refractivity contribution in [2.75, 3.05) is 0 Å². The first kappa shape index (κ1) is 44.0. The molecule has 317 valence electrons. The van der Waals surface area contributed by atoms with Gasteiger partial charge in [0.2, 0.25) is 0 Å². The van der Waals surface area contributed by atoms with Crippen LogP contribution in [0.3, 0.4) is 0 Å². The second-order valence-electron chi connectivity index (χ2n) is 18.8. The summed E-state index contributed by atoms with van der Waals surface area (Å²) in [6.07, 6.45) is 3.27. The predicted octanol–water partition coefficient (Wildman–Crippen LogP) is 14.8. The van der Waals surface area contributed by atoms with Gasteiger partial charge >= 0.3 is 126 Å². The Morgan fingerprint density at radius 2 is 1.43 bits per heavy atom. The van der Waals surface area contributed by atoms with Crippen molar-refractivity contribution >= 4 is 61.4 Å². The van der Waals surface area contributed by atoms with Crippen LogP contribution in [0.1, 0.15) is 45.7 Å². The molecule has 1 radical (unpaired) electrons. The number of furan rings is 1. The number of rotatable bonds is 7. The van der Waals surface area contributed by atoms with E-state index in [2.05, 4.69) is 190 Å². The fourth-order valence-corrected chi connectivity index (χ4v) is 12.1. The van der Waals surface area contributed by atoms with Crippen LogP contribution < -0.4 is 4.40 Å². The van der Waals surface area contributed by atoms with Crippen LogP contribution in [0.5, 0.6) is 0 Å². The molecule has 0 fully saturated rings. The molecule has 0 saturated carbocycles. The van der Waals surface area contributed by atoms with Gasteiger partial charge in [0.1, 0.15) is 5.58 Å². The first-order chi connectivity index (χ1) is 29.8. The van der Waals surface area contributed by atoms with Gasteiger partial charge in [-0.05, 0) is 45.5 Å². The Balaban J connectivity index is 0.000000219. The number of aromatic nitrogens is 3. The fourth-order valence-electron chi connectivity index (χ4n) is 8.74. The van der Waals surface area contributed by atoms with E-state index in [0.29, 0.717) is 5.92 Å². The van der Waals surface area contributed by atoms with Gasteiger partial charge in [-0.25, -0.2) is 0 Å². The molecule has 3 aromatic heterocycles. The summed E-state index contributed by atoms with van der Waals surface area (Å²) in [7, 11) is 0. The van der Waals surface area contributed by atoms with Crippen LogP contribution in [0, 0.1) is 18.1 Å². The molecule has 0 bridgehead atoms. The van der Waals surface area contributed by atoms with Crippen molar-refractivity contribution in [1.82, 2.24) is 14.5 Å². The molecule has 0 amide bonds. The van der Waals surface area contributed by atoms with Crippen molar-refractivity contribution in [1.29, 1.82) is 0 Å². The smallest absolute Gasteiger partial charge is 0 e. The summed E-state index contributed by atoms with van der Waals surface area (Å²) in [6, 6.07) is 59.7. The second-order valence-corrected chi connectivity index (χ2v) is 29.4. The quantitative estimate of drug-likeness (QED) is 0.118. The van der Waals surface area contributed by atoms with Gasteiger partial charge in [0, 0.05) is 31.1 Å². The first-order valence-electron chi connectivity index (χ1n) is 21.7. The number of para-hydroxylation sites is 2. The summed E-state index contributed by atoms with van der Waals surface area (Å²) in [5, 5.41) is 4.50. The number of nitrogens with zero attached hydrogens (tertiary/aromatic N) is 3. The molecular formula is C57H53GeIrN3O-2. The summed E-state index contributed by atoms with van der Waals surface area (Å²) < 4.78 is 10.4. The average molecular weight is 1060 g/mol. The van der Waals surface area contributed by atoms with Gasteiger partial charge in [-0.3, -0.25) is 4.98 Å². The topological polar surface area (TPSA) is 43.9 Å². The number of fused-ring (bicyclic) bond motifs is 5. The van der Waals surface area contributed by atoms with Crippen LogP contribution in [0.2, 0.25) is 17.3 Å². The minimum absolute atomic E-state index is 0. The Labute approximate surface area is 388 Å². The molecule has 3 heterocycles. The standard InChI is InChI=1S/C39H29N2O.C18H24GeN.Ir/c1-39(2,3)32-21-12-18-28(25-13-5-4-6-14-25)36(32)41-34-24-27-16-8-7-15-26(27)23-33(34)40-38(41)31-20-11-19-30-29-17-9-10-22-35(29)42-37(30)31;1-14(2)11-16-12-18(15-9-7-6-8-10-15)20-13-17(16)19(3,4)5;/h4-19,21-24H,1-3H3;6-9,12-14H,11H2,1-5H3;/q2*-1;. The van der Waals surface area contributed by atoms with Crippen LogP contribution in [0.25, 0.3) is 83.2 Å². The average Bonchev–Trinajstić information content (AvgIpc) is 3.83. The van der Waals surface area contributed by atoms with Gasteiger partial charge in [-0.1, -0.05) is 123 Å². The Morgan fingerprint density at radius 3 is 2.14 bits per heavy atom. The Morgan fingerprint density at radius 1 is 0.714 bits per heavy atom. The Kier molecular flexibility index (Phi) is 12.5. The van der Waals surface area contributed by atoms with Crippen LogP contribution in [0.15, 0.2) is 162 Å². The van der Waals surface area contributed by atoms with Crippen molar-refractivity contribution < 1.29 is 24.5 Å². The van der Waals surface area contributed by atoms with Gasteiger partial charge in [0.25, 0.3) is 0 Å². The van der Waals surface area contributed by atoms with Gasteiger partial charge in [0.05, 0.1) is 28.1 Å². The van der Waals surface area contributed by atoms with E-state index >= 15 is 0 Å². The van der Waals surface area contributed by atoms with E-state index in [1.807, 2.05) is 36.4 Å². The Bertz CT molecular complexity index is 3210. The monoisotopic (exact) mass is 1060 g/mol. The molecular weight excluding hydrogens is 1010 g/mol. The maximum absolute atomic E-state index is 6.53. The maximum Gasteiger partial charge on any atom is 0 e. The third-order valence-corrected chi connectivity index (χ3v) is 16.0. The van der Waals surface area contributed by atoms with E-state index in [-0.39, 0.29) is 25.5 Å². The van der Waals surface area contributed by atoms with Crippen LogP contribution in [-0.4, -0.2) is 27.8 Å². The van der Waals surface area contributed by atoms with Crippen molar-refractivity contribution in [2.45, 2.75) is 63.7 Å². The zero-order chi connectivity index (χ0) is 43.2. The third-order valence-electron chi connectivity index (χ3n) is 11.6. The van der Waals surface area contributed by atoms with Crippen molar-refractivity contribution in [3.8, 4) is 39.5 Å². The minimum Gasteiger partial charge on any atom is 0 e. The number of imidazole rings is 1. The molecule has 4 nitrogen and oxygen atoms in total. The molecule has 10 aromatic rings. The molecule has 0 N–H and O–H groups in total. The fraction of sp³-hybridized carbons (Fsp3) is 0.193. The number of hydrogen-bond acceptors (Lipinski definition) is 3. The molecule has 63 heavy (non-hydrogen) atoms. The second kappa shape index (κ2) is 17.9. The van der Waals surface area contributed by atoms with Crippen molar-refractivity contribution in [3.05, 3.63) is 181 Å². The molecule has 0 aliphatic carbocycles. The number of benzene rings is 7. The van der Waals surface area contributed by atoms with Gasteiger partial charge in [-0.2, -0.15) is 0 Å². The largest absolute Gasteiger partial charge is 0 e. The summed E-state index contributed by atoms with van der Waals surface area (Å²) in [5.74, 6) is 8.81. The van der Waals surface area contributed by atoms with E-state index in [9.17, 15) is 0 Å². The number of hydrogen-bond donors (Lipinski definition) is 0. The molecule has 0 unspecified atom stereocenters. The molecule has 0 aliphatic rings. The zero-order valence-electron chi connectivity index (χ0n) is 37.4. The van der Waals surface area contributed by atoms with Gasteiger partial charge in [-0.15, -0.1) is 18.2 Å². The minimum atomic E-state index is -1.86. The van der Waals surface area contributed by atoms with Gasteiger partial charge in [0.15, 0.2) is 0 Å². The first-order valence-corrected chi connectivity index (χ1v) is 29.1. The predicted molar refractivity (Wildman–Crippen MR) is 264 cm³/mol. The summed E-state index contributed by atoms with van der Waals surface area (Å²) in [5.41, 5.74) is 12.7. The Hall–Kier alpha value is -5.59. The van der Waals surface area contributed by atoms with E-state index < -0.39 is 13.3 Å². The molecule has 0 saturated heterocycles. The number of pyridine rings is 1. The van der Waals surface area contributed by atoms with Crippen molar-refractivity contribution in [2.24, 2.45) is 5.92 Å². The normalized spacial score (nSPS) is 11.9. The zero-order valence-corrected chi connectivity index (χ0v) is 41.9. The third kappa shape index (κ3) is 8.85. The van der Waals surface area contributed by atoms with Crippen molar-refractivity contribution in [3.63, 3.8) is 0 Å². The summed E-state index contributed by atoms with van der Waals surface area (Å²) in [4.78, 5) is 10.1. The summed E-state index contributed by atoms with van der Waals surface area (Å²) >= 11 is -1.86. The molecule has 6 heteroatoms. The van der Waals surface area contributed by atoms with Crippen LogP contribution in [-0.2, 0) is 31.9 Å². The SMILES string of the molecule is CC(C)(C)c1cccc(-c2ccccc2)c1-n1c(-c2[c-]ccc3c2oc2ccccc23)nc2cc3ccccc3cc21.CC(C)Cc1cc(-c2[c-]cccc2)nc[c]1[Ge]([CH3])([CH3])[CH3].[Ir]. The van der Waals surface area contributed by atoms with Crippen LogP contribution in [0.4, 0.5) is 0 Å². The van der Waals surface area contributed by atoms with E-state index in [4.69, 9.17) is 14.4 Å². The molecule has 0 aliphatic heterocycles. The summed E-state index contributed by atoms with van der Waals surface area (Å²) in [6.45, 7) is 11.4.